The molecule has 0 aliphatic carbocycles. The maximum Gasteiger partial charge on any atom is 0.147 e. The summed E-state index contributed by atoms with van der Waals surface area (Å²) in [5.74, 6) is 0.774. The Hall–Kier alpha value is -1.28. The Kier molecular flexibility index (Phi) is 5.06. The minimum Gasteiger partial charge on any atom is -0.497 e. The van der Waals surface area contributed by atoms with Gasteiger partial charge in [0.25, 0.3) is 0 Å². The number of rotatable bonds is 5. The first kappa shape index (κ1) is 12.8. The number of aldehydes is 1. The van der Waals surface area contributed by atoms with Gasteiger partial charge in [0.15, 0.2) is 0 Å². The van der Waals surface area contributed by atoms with E-state index in [0.717, 1.165) is 24.0 Å². The molecule has 0 saturated carbocycles. The van der Waals surface area contributed by atoms with Crippen molar-refractivity contribution in [2.75, 3.05) is 7.11 Å². The normalized spacial score (nSPS) is 11.9. The predicted molar refractivity (Wildman–Crippen MR) is 66.7 cm³/mol. The van der Waals surface area contributed by atoms with Crippen LogP contribution in [-0.2, 0) is 4.79 Å². The van der Waals surface area contributed by atoms with Crippen LogP contribution < -0.4 is 4.74 Å². The number of hydrogen-bond acceptors (Lipinski definition) is 2. The number of ether oxygens (including phenoxy) is 1. The zero-order valence-electron chi connectivity index (χ0n) is 9.50. The van der Waals surface area contributed by atoms with E-state index in [9.17, 15) is 4.79 Å². The van der Waals surface area contributed by atoms with E-state index in [4.69, 9.17) is 16.3 Å². The average molecular weight is 239 g/mol. The summed E-state index contributed by atoms with van der Waals surface area (Å²) in [7, 11) is 1.61. The van der Waals surface area contributed by atoms with Crippen molar-refractivity contribution in [3.63, 3.8) is 0 Å². The van der Waals surface area contributed by atoms with Gasteiger partial charge in [0, 0.05) is 5.57 Å². The first-order chi connectivity index (χ1) is 7.72. The van der Waals surface area contributed by atoms with E-state index in [2.05, 4.69) is 0 Å². The second kappa shape index (κ2) is 6.33. The number of carbonyl (C=O) groups excluding carboxylic acids is 1. The molecule has 1 rings (SSSR count). The third-order valence-corrected chi connectivity index (χ3v) is 2.75. The molecule has 0 saturated heterocycles. The number of carbonyl (C=O) groups is 1. The zero-order valence-corrected chi connectivity index (χ0v) is 10.3. The molecule has 0 heterocycles. The van der Waals surface area contributed by atoms with Gasteiger partial charge >= 0.3 is 0 Å². The van der Waals surface area contributed by atoms with Gasteiger partial charge in [0.2, 0.25) is 0 Å². The van der Waals surface area contributed by atoms with Gasteiger partial charge in [-0.1, -0.05) is 24.9 Å². The van der Waals surface area contributed by atoms with E-state index in [1.54, 1.807) is 7.11 Å². The topological polar surface area (TPSA) is 26.3 Å². The molecule has 16 heavy (non-hydrogen) atoms. The standard InChI is InChI=1S/C13H15ClO2/c1-3-4-11(9-15)13(14)10-5-7-12(16-2)8-6-10/h5-9H,3-4H2,1-2H3. The number of benzene rings is 1. The summed E-state index contributed by atoms with van der Waals surface area (Å²) >= 11 is 6.15. The van der Waals surface area contributed by atoms with Crippen LogP contribution in [0.15, 0.2) is 29.8 Å². The van der Waals surface area contributed by atoms with Crippen molar-refractivity contribution in [3.8, 4) is 5.75 Å². The summed E-state index contributed by atoms with van der Waals surface area (Å²) in [6.45, 7) is 2.02. The Morgan fingerprint density at radius 1 is 1.38 bits per heavy atom. The van der Waals surface area contributed by atoms with Crippen molar-refractivity contribution in [3.05, 3.63) is 35.4 Å². The third kappa shape index (κ3) is 3.11. The number of methoxy groups -OCH3 is 1. The Morgan fingerprint density at radius 2 is 2.00 bits per heavy atom. The van der Waals surface area contributed by atoms with E-state index in [0.29, 0.717) is 17.0 Å². The maximum absolute atomic E-state index is 10.9. The summed E-state index contributed by atoms with van der Waals surface area (Å²) in [6.07, 6.45) is 2.44. The average Bonchev–Trinajstić information content (AvgIpc) is 2.35. The molecular formula is C13H15ClO2. The molecular weight excluding hydrogens is 224 g/mol. The molecule has 0 aliphatic heterocycles. The molecule has 3 heteroatoms. The molecule has 86 valence electrons. The van der Waals surface area contributed by atoms with Crippen LogP contribution in [0.3, 0.4) is 0 Å². The first-order valence-corrected chi connectivity index (χ1v) is 5.59. The van der Waals surface area contributed by atoms with Gasteiger partial charge in [-0.15, -0.1) is 0 Å². The molecule has 0 aliphatic rings. The molecule has 1 aromatic carbocycles. The fraction of sp³-hybridized carbons (Fsp3) is 0.308. The summed E-state index contributed by atoms with van der Waals surface area (Å²) in [4.78, 5) is 10.9. The highest BCUT2D eigenvalue weighted by molar-refractivity contribution is 6.50. The van der Waals surface area contributed by atoms with Crippen molar-refractivity contribution in [2.24, 2.45) is 0 Å². The Labute approximate surface area is 101 Å². The van der Waals surface area contributed by atoms with Gasteiger partial charge in [-0.05, 0) is 36.2 Å². The van der Waals surface area contributed by atoms with Crippen LogP contribution in [0.5, 0.6) is 5.75 Å². The second-order valence-corrected chi connectivity index (χ2v) is 3.81. The minimum absolute atomic E-state index is 0.527. The molecule has 1 aromatic rings. The number of hydrogen-bond donors (Lipinski definition) is 0. The highest BCUT2D eigenvalue weighted by atomic mass is 35.5. The Balaban J connectivity index is 3.01. The fourth-order valence-electron chi connectivity index (χ4n) is 1.41. The molecule has 0 bridgehead atoms. The van der Waals surface area contributed by atoms with Gasteiger partial charge in [0.1, 0.15) is 12.0 Å². The van der Waals surface area contributed by atoms with Crippen LogP contribution in [0.2, 0.25) is 0 Å². The molecule has 0 aromatic heterocycles. The van der Waals surface area contributed by atoms with Crippen LogP contribution in [0.1, 0.15) is 25.3 Å². The molecule has 0 spiro atoms. The molecule has 0 radical (unpaired) electrons. The van der Waals surface area contributed by atoms with Crippen molar-refractivity contribution >= 4 is 22.9 Å². The first-order valence-electron chi connectivity index (χ1n) is 5.21. The molecule has 0 unspecified atom stereocenters. The van der Waals surface area contributed by atoms with Gasteiger partial charge < -0.3 is 4.74 Å². The minimum atomic E-state index is 0.527. The van der Waals surface area contributed by atoms with Crippen molar-refractivity contribution in [1.29, 1.82) is 0 Å². The number of allylic oxidation sites excluding steroid dienone is 1. The quantitative estimate of drug-likeness (QED) is 0.578. The fourth-order valence-corrected chi connectivity index (χ4v) is 1.68. The lowest BCUT2D eigenvalue weighted by molar-refractivity contribution is -0.105. The Bertz CT molecular complexity index is 379. The van der Waals surface area contributed by atoms with E-state index in [1.807, 2.05) is 31.2 Å². The maximum atomic E-state index is 10.9. The second-order valence-electron chi connectivity index (χ2n) is 3.44. The zero-order chi connectivity index (χ0) is 12.0. The largest absolute Gasteiger partial charge is 0.497 e. The van der Waals surface area contributed by atoms with Gasteiger partial charge in [-0.2, -0.15) is 0 Å². The van der Waals surface area contributed by atoms with Gasteiger partial charge in [-0.25, -0.2) is 0 Å². The highest BCUT2D eigenvalue weighted by Gasteiger charge is 2.05. The van der Waals surface area contributed by atoms with Crippen molar-refractivity contribution in [1.82, 2.24) is 0 Å². The lowest BCUT2D eigenvalue weighted by atomic mass is 10.1. The molecule has 2 nitrogen and oxygen atoms in total. The van der Waals surface area contributed by atoms with Crippen LogP contribution in [0.25, 0.3) is 5.03 Å². The predicted octanol–water partition coefficient (Wildman–Crippen LogP) is 3.64. The third-order valence-electron chi connectivity index (χ3n) is 2.29. The monoisotopic (exact) mass is 238 g/mol. The number of halogens is 1. The molecule has 0 fully saturated rings. The van der Waals surface area contributed by atoms with Crippen LogP contribution in [0.4, 0.5) is 0 Å². The van der Waals surface area contributed by atoms with Gasteiger partial charge in [-0.3, -0.25) is 4.79 Å². The lowest BCUT2D eigenvalue weighted by Crippen LogP contribution is -1.90. The van der Waals surface area contributed by atoms with E-state index in [1.165, 1.54) is 0 Å². The van der Waals surface area contributed by atoms with E-state index >= 15 is 0 Å². The van der Waals surface area contributed by atoms with Crippen molar-refractivity contribution < 1.29 is 9.53 Å². The molecule has 0 amide bonds. The van der Waals surface area contributed by atoms with Crippen LogP contribution in [-0.4, -0.2) is 13.4 Å². The lowest BCUT2D eigenvalue weighted by Gasteiger charge is -2.05. The SMILES string of the molecule is CCCC(C=O)=C(Cl)c1ccc(OC)cc1. The van der Waals surface area contributed by atoms with Crippen LogP contribution >= 0.6 is 11.6 Å². The van der Waals surface area contributed by atoms with E-state index in [-0.39, 0.29) is 0 Å². The molecule has 0 N–H and O–H groups in total. The summed E-state index contributed by atoms with van der Waals surface area (Å²) in [5.41, 5.74) is 1.49. The summed E-state index contributed by atoms with van der Waals surface area (Å²) in [5, 5.41) is 0.527. The summed E-state index contributed by atoms with van der Waals surface area (Å²) < 4.78 is 5.05. The van der Waals surface area contributed by atoms with Crippen LogP contribution in [0, 0.1) is 0 Å². The summed E-state index contributed by atoms with van der Waals surface area (Å²) in [6, 6.07) is 7.35. The van der Waals surface area contributed by atoms with E-state index < -0.39 is 0 Å². The molecule has 0 atom stereocenters. The smallest absolute Gasteiger partial charge is 0.147 e. The Morgan fingerprint density at radius 3 is 2.44 bits per heavy atom. The van der Waals surface area contributed by atoms with Gasteiger partial charge in [0.05, 0.1) is 12.1 Å². The van der Waals surface area contributed by atoms with Crippen molar-refractivity contribution in [2.45, 2.75) is 19.8 Å². The highest BCUT2D eigenvalue weighted by Crippen LogP contribution is 2.26.